The van der Waals surface area contributed by atoms with Crippen LogP contribution in [0.3, 0.4) is 0 Å². The Morgan fingerprint density at radius 3 is 2.90 bits per heavy atom. The molecule has 0 saturated heterocycles. The summed E-state index contributed by atoms with van der Waals surface area (Å²) in [6.07, 6.45) is 8.11. The van der Waals surface area contributed by atoms with Gasteiger partial charge in [0.05, 0.1) is 18.5 Å². The molecule has 0 heterocycles. The lowest BCUT2D eigenvalue weighted by molar-refractivity contribution is 0.287. The maximum Gasteiger partial charge on any atom is 0.0745 e. The van der Waals surface area contributed by atoms with E-state index in [1.807, 2.05) is 0 Å². The second-order valence-corrected chi connectivity index (χ2v) is 2.61. The fourth-order valence-electron chi connectivity index (χ4n) is 1.10. The Labute approximate surface area is 68.2 Å². The van der Waals surface area contributed by atoms with Gasteiger partial charge in [0, 0.05) is 5.92 Å². The van der Waals surface area contributed by atoms with Crippen molar-refractivity contribution in [3.8, 4) is 0 Å². The van der Waals surface area contributed by atoms with E-state index in [0.717, 1.165) is 0 Å². The Bertz CT molecular complexity index is 101. The summed E-state index contributed by atoms with van der Waals surface area (Å²) in [6.45, 7) is 0.665. The smallest absolute Gasteiger partial charge is 0.0745 e. The molecule has 1 aliphatic carbocycles. The summed E-state index contributed by atoms with van der Waals surface area (Å²) < 4.78 is 4.50. The molecule has 0 aromatic heterocycles. The van der Waals surface area contributed by atoms with Gasteiger partial charge in [-0.05, 0) is 19.3 Å². The van der Waals surface area contributed by atoms with Crippen molar-refractivity contribution in [1.82, 2.24) is 0 Å². The summed E-state index contributed by atoms with van der Waals surface area (Å²) in [5.74, 6) is 0.566. The highest BCUT2D eigenvalue weighted by Crippen LogP contribution is 2.17. The van der Waals surface area contributed by atoms with Gasteiger partial charge in [-0.3, -0.25) is 4.29 Å². The molecule has 0 aliphatic heterocycles. The van der Waals surface area contributed by atoms with Crippen molar-refractivity contribution in [2.24, 2.45) is 5.92 Å². The second-order valence-electron chi connectivity index (χ2n) is 2.39. The maximum absolute atomic E-state index is 5.10. The largest absolute Gasteiger partial charge is 0.279 e. The molecule has 10 heavy (non-hydrogen) atoms. The Morgan fingerprint density at radius 1 is 1.60 bits per heavy atom. The van der Waals surface area contributed by atoms with Crippen LogP contribution in [0.2, 0.25) is 0 Å². The summed E-state index contributed by atoms with van der Waals surface area (Å²) >= 11 is 5.10. The molecule has 1 rings (SSSR count). The molecule has 0 fully saturated rings. The van der Waals surface area contributed by atoms with E-state index in [-0.39, 0.29) is 7.43 Å². The Morgan fingerprint density at radius 2 is 2.40 bits per heavy atom. The van der Waals surface area contributed by atoms with Crippen molar-refractivity contribution in [2.75, 3.05) is 6.61 Å². The van der Waals surface area contributed by atoms with Gasteiger partial charge in [0.2, 0.25) is 0 Å². The summed E-state index contributed by atoms with van der Waals surface area (Å²) in [7, 11) is 0. The van der Waals surface area contributed by atoms with E-state index in [1.165, 1.54) is 19.3 Å². The highest BCUT2D eigenvalue weighted by molar-refractivity contribution is 6.07. The number of halogens is 1. The molecule has 1 aliphatic rings. The lowest BCUT2D eigenvalue weighted by atomic mass is 9.97. The number of rotatable bonds is 2. The van der Waals surface area contributed by atoms with E-state index in [2.05, 4.69) is 16.4 Å². The zero-order valence-corrected chi connectivity index (χ0v) is 6.10. The zero-order valence-electron chi connectivity index (χ0n) is 5.35. The maximum atomic E-state index is 5.10. The van der Waals surface area contributed by atoms with E-state index in [9.17, 15) is 0 Å². The quantitative estimate of drug-likeness (QED) is 0.567. The Hall–Kier alpha value is -0.0100. The fourth-order valence-corrected chi connectivity index (χ4v) is 1.26. The summed E-state index contributed by atoms with van der Waals surface area (Å²) in [5.41, 5.74) is 0. The van der Waals surface area contributed by atoms with Gasteiger partial charge in [0.1, 0.15) is 0 Å². The molecule has 0 amide bonds. The van der Waals surface area contributed by atoms with Crippen molar-refractivity contribution in [2.45, 2.75) is 26.7 Å². The van der Waals surface area contributed by atoms with E-state index in [4.69, 9.17) is 11.9 Å². The molecule has 2 heteroatoms. The van der Waals surface area contributed by atoms with Gasteiger partial charge in [-0.15, -0.1) is 0 Å². The minimum absolute atomic E-state index is 0. The molecular formula is C8H15ClO. The minimum atomic E-state index is 0. The van der Waals surface area contributed by atoms with Gasteiger partial charge < -0.3 is 0 Å². The van der Waals surface area contributed by atoms with Crippen LogP contribution in [-0.4, -0.2) is 6.61 Å². The topological polar surface area (TPSA) is 9.23 Å². The van der Waals surface area contributed by atoms with E-state index in [0.29, 0.717) is 12.5 Å². The van der Waals surface area contributed by atoms with Gasteiger partial charge in [-0.25, -0.2) is 0 Å². The Balaban J connectivity index is 0.000000810. The SMILES string of the molecule is C.ClOCC1C=CCCC1. The van der Waals surface area contributed by atoms with E-state index < -0.39 is 0 Å². The van der Waals surface area contributed by atoms with Gasteiger partial charge in [-0.2, -0.15) is 0 Å². The van der Waals surface area contributed by atoms with Gasteiger partial charge in [-0.1, -0.05) is 19.6 Å². The normalized spacial score (nSPS) is 23.9. The van der Waals surface area contributed by atoms with Crippen molar-refractivity contribution >= 4 is 11.9 Å². The number of hydrogen-bond acceptors (Lipinski definition) is 1. The molecule has 0 aromatic carbocycles. The molecular weight excluding hydrogens is 148 g/mol. The molecule has 0 bridgehead atoms. The summed E-state index contributed by atoms with van der Waals surface area (Å²) in [6, 6.07) is 0. The second kappa shape index (κ2) is 5.75. The third kappa shape index (κ3) is 3.23. The zero-order chi connectivity index (χ0) is 6.53. The van der Waals surface area contributed by atoms with Crippen LogP contribution >= 0.6 is 11.9 Å². The van der Waals surface area contributed by atoms with Crippen LogP contribution in [-0.2, 0) is 4.29 Å². The van der Waals surface area contributed by atoms with Crippen LogP contribution in [0.25, 0.3) is 0 Å². The fraction of sp³-hybridized carbons (Fsp3) is 0.750. The molecule has 0 saturated carbocycles. The van der Waals surface area contributed by atoms with Crippen molar-refractivity contribution in [1.29, 1.82) is 0 Å². The highest BCUT2D eigenvalue weighted by Gasteiger charge is 2.06. The molecule has 0 radical (unpaired) electrons. The van der Waals surface area contributed by atoms with Gasteiger partial charge in [0.25, 0.3) is 0 Å². The standard InChI is InChI=1S/C7H11ClO.CH4/c8-9-6-7-4-2-1-3-5-7;/h2,4,7H,1,3,5-6H2;1H4. The van der Waals surface area contributed by atoms with Crippen molar-refractivity contribution in [3.05, 3.63) is 12.2 Å². The number of allylic oxidation sites excluding steroid dienone is 1. The predicted molar refractivity (Wildman–Crippen MR) is 45.0 cm³/mol. The highest BCUT2D eigenvalue weighted by atomic mass is 35.5. The first-order valence-electron chi connectivity index (χ1n) is 3.33. The monoisotopic (exact) mass is 162 g/mol. The first kappa shape index (κ1) is 9.99. The average molecular weight is 163 g/mol. The van der Waals surface area contributed by atoms with Gasteiger partial charge >= 0.3 is 0 Å². The molecule has 1 atom stereocenters. The molecule has 1 unspecified atom stereocenters. The summed E-state index contributed by atoms with van der Waals surface area (Å²) in [5, 5.41) is 0. The molecule has 0 aromatic rings. The first-order chi connectivity index (χ1) is 4.43. The van der Waals surface area contributed by atoms with Crippen LogP contribution in [0.4, 0.5) is 0 Å². The molecule has 0 spiro atoms. The van der Waals surface area contributed by atoms with Gasteiger partial charge in [0.15, 0.2) is 0 Å². The van der Waals surface area contributed by atoms with Crippen LogP contribution in [0.1, 0.15) is 26.7 Å². The van der Waals surface area contributed by atoms with Crippen molar-refractivity contribution in [3.63, 3.8) is 0 Å². The minimum Gasteiger partial charge on any atom is -0.279 e. The lowest BCUT2D eigenvalue weighted by Gasteiger charge is -2.12. The van der Waals surface area contributed by atoms with Crippen molar-refractivity contribution < 1.29 is 4.29 Å². The van der Waals surface area contributed by atoms with Crippen LogP contribution < -0.4 is 0 Å². The third-order valence-corrected chi connectivity index (χ3v) is 1.76. The molecule has 60 valence electrons. The van der Waals surface area contributed by atoms with Crippen LogP contribution in [0.5, 0.6) is 0 Å². The third-order valence-electron chi connectivity index (χ3n) is 1.63. The van der Waals surface area contributed by atoms with Crippen LogP contribution in [0, 0.1) is 5.92 Å². The van der Waals surface area contributed by atoms with Crippen LogP contribution in [0.15, 0.2) is 12.2 Å². The first-order valence-corrected chi connectivity index (χ1v) is 3.64. The average Bonchev–Trinajstić information content (AvgIpc) is 1.91. The molecule has 0 N–H and O–H groups in total. The van der Waals surface area contributed by atoms with E-state index >= 15 is 0 Å². The van der Waals surface area contributed by atoms with E-state index in [1.54, 1.807) is 0 Å². The molecule has 1 nitrogen and oxygen atoms in total. The summed E-state index contributed by atoms with van der Waals surface area (Å²) in [4.78, 5) is 0. The Kier molecular flexibility index (Phi) is 5.74. The number of hydrogen-bond donors (Lipinski definition) is 0. The predicted octanol–water partition coefficient (Wildman–Crippen LogP) is 3.15. The lowest BCUT2D eigenvalue weighted by Crippen LogP contribution is -2.05.